The van der Waals surface area contributed by atoms with Gasteiger partial charge in [0.05, 0.1) is 19.3 Å². The summed E-state index contributed by atoms with van der Waals surface area (Å²) in [5.74, 6) is 0.0930. The number of nitrogens with one attached hydrogen (secondary N) is 1. The van der Waals surface area contributed by atoms with E-state index >= 15 is 0 Å². The highest BCUT2D eigenvalue weighted by Gasteiger charge is 2.19. The molecule has 0 aliphatic carbocycles. The molecular weight excluding hydrogens is 450 g/mol. The summed E-state index contributed by atoms with van der Waals surface area (Å²) in [6.07, 6.45) is 7.53. The number of hydrogen-bond donors (Lipinski definition) is 2. The lowest BCUT2D eigenvalue weighted by atomic mass is 9.88. The van der Waals surface area contributed by atoms with E-state index in [-0.39, 0.29) is 11.8 Å². The summed E-state index contributed by atoms with van der Waals surface area (Å²) in [6, 6.07) is 10.4. The van der Waals surface area contributed by atoms with Gasteiger partial charge in [-0.05, 0) is 65.6 Å². The van der Waals surface area contributed by atoms with Gasteiger partial charge in [-0.1, -0.05) is 53.5 Å². The Morgan fingerprint density at radius 1 is 1.03 bits per heavy atom. The standard InChI is InChI=1S/C31H39NO4/c1-6-8-21-14-20(16-28(33)34)15-22-17-24(32-29(21)22)12-13-35-27-11-10-25-23(18-31(3,4)5)19-36-30(25)26(27)9-7-2/h10-11,14-15,17,19,32H,6-9,12-13,16,18H2,1-5H3,(H,33,34). The van der Waals surface area contributed by atoms with E-state index in [2.05, 4.69) is 57.8 Å². The molecule has 4 aromatic rings. The Labute approximate surface area is 213 Å². The molecule has 0 atom stereocenters. The molecule has 0 unspecified atom stereocenters. The van der Waals surface area contributed by atoms with Crippen LogP contribution in [0.5, 0.6) is 5.75 Å². The Balaban J connectivity index is 1.54. The van der Waals surface area contributed by atoms with Crippen molar-refractivity contribution in [3.63, 3.8) is 0 Å². The minimum absolute atomic E-state index is 0.0448. The second kappa shape index (κ2) is 10.8. The van der Waals surface area contributed by atoms with Crippen molar-refractivity contribution in [2.75, 3.05) is 6.61 Å². The van der Waals surface area contributed by atoms with Crippen LogP contribution in [0.4, 0.5) is 0 Å². The van der Waals surface area contributed by atoms with Crippen molar-refractivity contribution in [3.05, 3.63) is 64.5 Å². The predicted octanol–water partition coefficient (Wildman–Crippen LogP) is 7.66. The van der Waals surface area contributed by atoms with Gasteiger partial charge in [-0.25, -0.2) is 0 Å². The number of aromatic amines is 1. The van der Waals surface area contributed by atoms with Gasteiger partial charge >= 0.3 is 5.97 Å². The molecule has 0 aliphatic heterocycles. The zero-order chi connectivity index (χ0) is 25.9. The number of ether oxygens (including phenoxy) is 1. The van der Waals surface area contributed by atoms with Crippen molar-refractivity contribution in [1.82, 2.24) is 4.98 Å². The monoisotopic (exact) mass is 489 g/mol. The molecule has 0 aliphatic rings. The summed E-state index contributed by atoms with van der Waals surface area (Å²) in [7, 11) is 0. The molecule has 0 fully saturated rings. The average molecular weight is 490 g/mol. The number of carbonyl (C=O) groups is 1. The Hall–Kier alpha value is -3.21. The minimum atomic E-state index is -0.803. The summed E-state index contributed by atoms with van der Waals surface area (Å²) in [6.45, 7) is 11.6. The van der Waals surface area contributed by atoms with Crippen molar-refractivity contribution >= 4 is 27.8 Å². The van der Waals surface area contributed by atoms with Gasteiger partial charge in [0.1, 0.15) is 11.3 Å². The molecule has 4 rings (SSSR count). The third kappa shape index (κ3) is 5.95. The maximum Gasteiger partial charge on any atom is 0.307 e. The third-order valence-corrected chi connectivity index (χ3v) is 6.53. The Bertz CT molecular complexity index is 1350. The van der Waals surface area contributed by atoms with Crippen LogP contribution in [-0.4, -0.2) is 22.7 Å². The van der Waals surface area contributed by atoms with Crippen molar-refractivity contribution in [1.29, 1.82) is 0 Å². The summed E-state index contributed by atoms with van der Waals surface area (Å²) < 4.78 is 12.4. The second-order valence-corrected chi connectivity index (χ2v) is 11.1. The number of aryl methyl sites for hydroxylation is 2. The van der Waals surface area contributed by atoms with Gasteiger partial charge in [0.2, 0.25) is 0 Å². The molecule has 2 N–H and O–H groups in total. The highest BCUT2D eigenvalue weighted by molar-refractivity contribution is 5.87. The zero-order valence-corrected chi connectivity index (χ0v) is 22.3. The van der Waals surface area contributed by atoms with E-state index < -0.39 is 5.97 Å². The third-order valence-electron chi connectivity index (χ3n) is 6.53. The molecular formula is C31H39NO4. The maximum atomic E-state index is 11.2. The second-order valence-electron chi connectivity index (χ2n) is 11.1. The van der Waals surface area contributed by atoms with E-state index in [9.17, 15) is 9.90 Å². The van der Waals surface area contributed by atoms with Gasteiger partial charge in [0.25, 0.3) is 0 Å². The molecule has 2 heterocycles. The number of benzene rings is 2. The molecule has 0 spiro atoms. The summed E-state index contributed by atoms with van der Waals surface area (Å²) in [5.41, 5.74) is 7.78. The van der Waals surface area contributed by atoms with Crippen LogP contribution in [0.3, 0.4) is 0 Å². The number of carboxylic acid groups (broad SMARTS) is 1. The lowest BCUT2D eigenvalue weighted by Gasteiger charge is -2.17. The van der Waals surface area contributed by atoms with Crippen LogP contribution < -0.4 is 4.74 Å². The molecule has 0 saturated carbocycles. The first-order chi connectivity index (χ1) is 17.2. The number of rotatable bonds is 11. The molecule has 0 radical (unpaired) electrons. The number of carboxylic acids is 1. The van der Waals surface area contributed by atoms with Crippen LogP contribution in [0.1, 0.15) is 75.4 Å². The van der Waals surface area contributed by atoms with E-state index in [1.54, 1.807) is 0 Å². The summed E-state index contributed by atoms with van der Waals surface area (Å²) >= 11 is 0. The van der Waals surface area contributed by atoms with Gasteiger partial charge < -0.3 is 19.2 Å². The molecule has 0 saturated heterocycles. The van der Waals surface area contributed by atoms with E-state index in [1.807, 2.05) is 18.4 Å². The van der Waals surface area contributed by atoms with Gasteiger partial charge in [0.15, 0.2) is 0 Å². The lowest BCUT2D eigenvalue weighted by Crippen LogP contribution is -2.08. The molecule has 5 nitrogen and oxygen atoms in total. The molecule has 2 aromatic carbocycles. The average Bonchev–Trinajstić information content (AvgIpc) is 3.38. The van der Waals surface area contributed by atoms with Crippen LogP contribution >= 0.6 is 0 Å². The van der Waals surface area contributed by atoms with Crippen LogP contribution in [0.15, 0.2) is 41.0 Å². The fourth-order valence-corrected chi connectivity index (χ4v) is 5.12. The van der Waals surface area contributed by atoms with Gasteiger partial charge in [-0.2, -0.15) is 0 Å². The minimum Gasteiger partial charge on any atom is -0.493 e. The Kier molecular flexibility index (Phi) is 7.77. The van der Waals surface area contributed by atoms with Gasteiger partial charge in [-0.15, -0.1) is 0 Å². The molecule has 5 heteroatoms. The van der Waals surface area contributed by atoms with Crippen molar-refractivity contribution < 1.29 is 19.1 Å². The van der Waals surface area contributed by atoms with Crippen LogP contribution in [0.2, 0.25) is 0 Å². The smallest absolute Gasteiger partial charge is 0.307 e. The molecule has 2 aromatic heterocycles. The normalized spacial score (nSPS) is 12.0. The van der Waals surface area contributed by atoms with Crippen molar-refractivity contribution in [2.24, 2.45) is 5.41 Å². The zero-order valence-electron chi connectivity index (χ0n) is 22.3. The fraction of sp³-hybridized carbons (Fsp3) is 0.452. The van der Waals surface area contributed by atoms with E-state index in [1.165, 1.54) is 16.5 Å². The summed E-state index contributed by atoms with van der Waals surface area (Å²) in [5, 5.41) is 11.5. The van der Waals surface area contributed by atoms with Gasteiger partial charge in [-0.3, -0.25) is 4.79 Å². The first-order valence-electron chi connectivity index (χ1n) is 13.2. The van der Waals surface area contributed by atoms with Crippen LogP contribution in [-0.2, 0) is 36.9 Å². The predicted molar refractivity (Wildman–Crippen MR) is 146 cm³/mol. The quantitative estimate of drug-likeness (QED) is 0.227. The fourth-order valence-electron chi connectivity index (χ4n) is 5.12. The SMILES string of the molecule is CCCc1cc(CC(=O)O)cc2cc(CCOc3ccc4c(CC(C)(C)C)coc4c3CCC)[nH]c12. The molecule has 192 valence electrons. The number of aliphatic carboxylic acids is 1. The number of furan rings is 1. The van der Waals surface area contributed by atoms with Crippen molar-refractivity contribution in [3.8, 4) is 5.75 Å². The van der Waals surface area contributed by atoms with E-state index in [0.717, 1.165) is 77.6 Å². The highest BCUT2D eigenvalue weighted by Crippen LogP contribution is 2.35. The molecule has 0 bridgehead atoms. The highest BCUT2D eigenvalue weighted by atomic mass is 16.5. The topological polar surface area (TPSA) is 75.5 Å². The number of fused-ring (bicyclic) bond motifs is 2. The number of aromatic nitrogens is 1. The van der Waals surface area contributed by atoms with Crippen LogP contribution in [0, 0.1) is 5.41 Å². The molecule has 0 amide bonds. The maximum absolute atomic E-state index is 11.2. The van der Waals surface area contributed by atoms with Crippen LogP contribution in [0.25, 0.3) is 21.9 Å². The number of hydrogen-bond acceptors (Lipinski definition) is 3. The summed E-state index contributed by atoms with van der Waals surface area (Å²) in [4.78, 5) is 14.8. The molecule has 36 heavy (non-hydrogen) atoms. The first-order valence-corrected chi connectivity index (χ1v) is 13.2. The first kappa shape index (κ1) is 25.9. The Morgan fingerprint density at radius 2 is 1.81 bits per heavy atom. The Morgan fingerprint density at radius 3 is 2.50 bits per heavy atom. The van der Waals surface area contributed by atoms with E-state index in [4.69, 9.17) is 9.15 Å². The lowest BCUT2D eigenvalue weighted by molar-refractivity contribution is -0.136. The van der Waals surface area contributed by atoms with Gasteiger partial charge in [0, 0.05) is 34.0 Å². The van der Waals surface area contributed by atoms with Crippen molar-refractivity contribution in [2.45, 2.75) is 79.6 Å². The largest absolute Gasteiger partial charge is 0.493 e. The van der Waals surface area contributed by atoms with E-state index in [0.29, 0.717) is 6.61 Å². The number of H-pyrrole nitrogens is 1.